The number of nitrogens with one attached hydrogen (secondary N) is 2. The molecule has 0 saturated carbocycles. The van der Waals surface area contributed by atoms with Crippen LogP contribution in [0.2, 0.25) is 0 Å². The summed E-state index contributed by atoms with van der Waals surface area (Å²) in [5.74, 6) is 1.45. The number of aromatic amines is 1. The number of rotatable bonds is 7. The summed E-state index contributed by atoms with van der Waals surface area (Å²) in [6.07, 6.45) is 1.74. The van der Waals surface area contributed by atoms with Crippen molar-refractivity contribution in [2.75, 3.05) is 12.1 Å². The first-order valence-corrected chi connectivity index (χ1v) is 10.0. The number of H-pyrrole nitrogens is 1. The van der Waals surface area contributed by atoms with Gasteiger partial charge in [-0.15, -0.1) is 0 Å². The van der Waals surface area contributed by atoms with Crippen LogP contribution in [0.4, 0.5) is 0 Å². The van der Waals surface area contributed by atoms with Crippen LogP contribution in [0.3, 0.4) is 0 Å². The lowest BCUT2D eigenvalue weighted by Crippen LogP contribution is -2.10. The molecule has 0 atom stereocenters. The molecule has 4 aromatic rings. The van der Waals surface area contributed by atoms with E-state index in [1.165, 1.54) is 5.56 Å². The summed E-state index contributed by atoms with van der Waals surface area (Å²) in [7, 11) is 0. The van der Waals surface area contributed by atoms with Gasteiger partial charge in [-0.1, -0.05) is 54.6 Å². The fourth-order valence-electron chi connectivity index (χ4n) is 3.00. The summed E-state index contributed by atoms with van der Waals surface area (Å²) in [5.41, 5.74) is 7.16. The van der Waals surface area contributed by atoms with Gasteiger partial charge in [-0.05, 0) is 60.1 Å². The van der Waals surface area contributed by atoms with Crippen molar-refractivity contribution in [1.29, 1.82) is 0 Å². The predicted octanol–water partition coefficient (Wildman–Crippen LogP) is 5.25. The Balaban J connectivity index is 1.48. The predicted molar refractivity (Wildman–Crippen MR) is 123 cm³/mol. The van der Waals surface area contributed by atoms with Crippen LogP contribution in [0.1, 0.15) is 12.5 Å². The van der Waals surface area contributed by atoms with Gasteiger partial charge in [-0.25, -0.2) is 10.6 Å². The Bertz CT molecular complexity index is 1180. The monoisotopic (exact) mass is 415 g/mol. The number of hydrogen-bond acceptors (Lipinski definition) is 5. The highest BCUT2D eigenvalue weighted by Crippen LogP contribution is 2.21. The van der Waals surface area contributed by atoms with Crippen LogP contribution in [0.5, 0.6) is 5.75 Å². The maximum atomic E-state index is 5.49. The van der Waals surface area contributed by atoms with Gasteiger partial charge in [0.25, 0.3) is 0 Å². The van der Waals surface area contributed by atoms with Crippen molar-refractivity contribution in [3.05, 3.63) is 89.2 Å². The van der Waals surface area contributed by atoms with E-state index in [0.717, 1.165) is 22.4 Å². The van der Waals surface area contributed by atoms with E-state index >= 15 is 0 Å². The van der Waals surface area contributed by atoms with E-state index in [-0.39, 0.29) is 0 Å². The molecule has 3 aromatic carbocycles. The molecule has 7 heteroatoms. The van der Waals surface area contributed by atoms with Crippen molar-refractivity contribution in [1.82, 2.24) is 14.9 Å². The van der Waals surface area contributed by atoms with Crippen LogP contribution in [-0.4, -0.2) is 27.7 Å². The molecule has 0 spiro atoms. The Morgan fingerprint density at radius 2 is 1.63 bits per heavy atom. The minimum Gasteiger partial charge on any atom is -0.494 e. The summed E-state index contributed by atoms with van der Waals surface area (Å²) in [6, 6.07) is 26.1. The number of hydrogen-bond donors (Lipinski definition) is 2. The van der Waals surface area contributed by atoms with Crippen LogP contribution in [0.25, 0.3) is 22.5 Å². The van der Waals surface area contributed by atoms with Crippen molar-refractivity contribution < 1.29 is 4.74 Å². The van der Waals surface area contributed by atoms with Crippen LogP contribution in [0, 0.1) is 4.77 Å². The quantitative estimate of drug-likeness (QED) is 0.246. The molecule has 150 valence electrons. The highest BCUT2D eigenvalue weighted by molar-refractivity contribution is 7.71. The molecule has 0 radical (unpaired) electrons. The van der Waals surface area contributed by atoms with Crippen LogP contribution >= 0.6 is 12.2 Å². The zero-order valence-corrected chi connectivity index (χ0v) is 17.3. The van der Waals surface area contributed by atoms with E-state index in [1.807, 2.05) is 61.5 Å². The second-order valence-electron chi connectivity index (χ2n) is 6.49. The highest BCUT2D eigenvalue weighted by Gasteiger charge is 2.08. The molecule has 0 amide bonds. The van der Waals surface area contributed by atoms with Crippen molar-refractivity contribution in [3.8, 4) is 28.3 Å². The molecule has 0 aliphatic carbocycles. The third kappa shape index (κ3) is 4.47. The third-order valence-electron chi connectivity index (χ3n) is 4.49. The third-order valence-corrected chi connectivity index (χ3v) is 4.76. The van der Waals surface area contributed by atoms with E-state index in [4.69, 9.17) is 17.0 Å². The van der Waals surface area contributed by atoms with E-state index in [9.17, 15) is 0 Å². The average Bonchev–Trinajstić information content (AvgIpc) is 3.16. The van der Waals surface area contributed by atoms with Gasteiger partial charge in [0.15, 0.2) is 5.82 Å². The molecule has 2 N–H and O–H groups in total. The maximum absolute atomic E-state index is 5.49. The Morgan fingerprint density at radius 1 is 0.967 bits per heavy atom. The van der Waals surface area contributed by atoms with E-state index in [0.29, 0.717) is 17.2 Å². The zero-order valence-electron chi connectivity index (χ0n) is 16.4. The minimum absolute atomic E-state index is 0.426. The molecule has 30 heavy (non-hydrogen) atoms. The molecule has 1 aromatic heterocycles. The van der Waals surface area contributed by atoms with Gasteiger partial charge in [0, 0.05) is 5.56 Å². The second-order valence-corrected chi connectivity index (χ2v) is 6.88. The molecule has 0 saturated heterocycles. The van der Waals surface area contributed by atoms with Gasteiger partial charge >= 0.3 is 0 Å². The average molecular weight is 416 g/mol. The normalized spacial score (nSPS) is 11.0. The van der Waals surface area contributed by atoms with Gasteiger partial charge in [0.1, 0.15) is 5.75 Å². The molecule has 0 unspecified atom stereocenters. The van der Waals surface area contributed by atoms with Crippen LogP contribution in [0.15, 0.2) is 84.0 Å². The molecule has 0 aliphatic rings. The summed E-state index contributed by atoms with van der Waals surface area (Å²) >= 11 is 5.33. The van der Waals surface area contributed by atoms with Gasteiger partial charge in [-0.3, -0.25) is 0 Å². The molecule has 0 aliphatic heterocycles. The Morgan fingerprint density at radius 3 is 2.33 bits per heavy atom. The van der Waals surface area contributed by atoms with Crippen LogP contribution in [-0.2, 0) is 0 Å². The Labute approximate surface area is 179 Å². The summed E-state index contributed by atoms with van der Waals surface area (Å²) in [6.45, 7) is 2.58. The summed E-state index contributed by atoms with van der Waals surface area (Å²) < 4.78 is 7.54. The maximum Gasteiger partial charge on any atom is 0.216 e. The Kier molecular flexibility index (Phi) is 6.01. The lowest BCUT2D eigenvalue weighted by molar-refractivity contribution is 0.340. The highest BCUT2D eigenvalue weighted by atomic mass is 32.1. The lowest BCUT2D eigenvalue weighted by atomic mass is 10.0. The molecular weight excluding hydrogens is 394 g/mol. The van der Waals surface area contributed by atoms with Crippen LogP contribution < -0.4 is 10.3 Å². The molecule has 4 rings (SSSR count). The summed E-state index contributed by atoms with van der Waals surface area (Å²) in [5, 5.41) is 11.4. The zero-order chi connectivity index (χ0) is 20.8. The number of hydrazone groups is 1. The van der Waals surface area contributed by atoms with Gasteiger partial charge < -0.3 is 4.74 Å². The first-order valence-electron chi connectivity index (χ1n) is 9.60. The minimum atomic E-state index is 0.426. The lowest BCUT2D eigenvalue weighted by Gasteiger charge is -2.07. The molecule has 0 bridgehead atoms. The van der Waals surface area contributed by atoms with Crippen molar-refractivity contribution in [3.63, 3.8) is 0 Å². The molecule has 1 heterocycles. The first kappa shape index (κ1) is 19.6. The molecule has 0 fully saturated rings. The second kappa shape index (κ2) is 9.19. The van der Waals surface area contributed by atoms with Crippen molar-refractivity contribution in [2.45, 2.75) is 6.92 Å². The summed E-state index contributed by atoms with van der Waals surface area (Å²) in [4.78, 5) is 0. The van der Waals surface area contributed by atoms with Gasteiger partial charge in [0.2, 0.25) is 4.77 Å². The van der Waals surface area contributed by atoms with Gasteiger partial charge in [-0.2, -0.15) is 14.9 Å². The van der Waals surface area contributed by atoms with E-state index in [1.54, 1.807) is 10.9 Å². The van der Waals surface area contributed by atoms with Crippen molar-refractivity contribution in [2.24, 2.45) is 5.10 Å². The smallest absolute Gasteiger partial charge is 0.216 e. The molecular formula is C23H21N5OS. The van der Waals surface area contributed by atoms with E-state index < -0.39 is 0 Å². The SMILES string of the molecule is CCOc1ccc(-c2n[nH]c(=S)n2N/N=C/c2ccc(-c3ccccc3)cc2)cc1. The van der Waals surface area contributed by atoms with E-state index in [2.05, 4.69) is 45.1 Å². The number of aromatic nitrogens is 3. The number of benzene rings is 3. The Hall–Kier alpha value is -3.71. The fraction of sp³-hybridized carbons (Fsp3) is 0.0870. The van der Waals surface area contributed by atoms with Gasteiger partial charge in [0.05, 0.1) is 12.8 Å². The molecule has 6 nitrogen and oxygen atoms in total. The van der Waals surface area contributed by atoms with Crippen molar-refractivity contribution >= 4 is 18.4 Å². The number of nitrogens with zero attached hydrogens (tertiary/aromatic N) is 3. The number of ether oxygens (including phenoxy) is 1. The fourth-order valence-corrected chi connectivity index (χ4v) is 3.18. The largest absolute Gasteiger partial charge is 0.494 e. The standard InChI is InChI=1S/C23H21N5OS/c1-2-29-21-14-12-20(13-15-21)22-25-26-23(30)28(22)27-24-16-17-8-10-19(11-9-17)18-6-4-3-5-7-18/h3-16,27H,2H2,1H3,(H,26,30)/b24-16+. The first-order chi connectivity index (χ1) is 14.7. The topological polar surface area (TPSA) is 67.2 Å².